The Bertz CT molecular complexity index is 791. The summed E-state index contributed by atoms with van der Waals surface area (Å²) in [6.07, 6.45) is -3.09. The van der Waals surface area contributed by atoms with Crippen LogP contribution in [-0.4, -0.2) is 42.1 Å². The molecule has 2 heterocycles. The molecule has 2 aromatic rings. The standard InChI is InChI=1S/C17H15ClF3N3O2/c18-13-3-1-11(17(19,20)21)9-15(13)23-12-2-4-14(22-10-12)16(25)24-5-7-26-8-6-24/h1-4,9-10,23H,5-8H2. The first-order valence-electron chi connectivity index (χ1n) is 7.81. The smallest absolute Gasteiger partial charge is 0.378 e. The van der Waals surface area contributed by atoms with Crippen molar-refractivity contribution in [1.29, 1.82) is 0 Å². The fraction of sp³-hybridized carbons (Fsp3) is 0.294. The Morgan fingerprint density at radius 2 is 1.92 bits per heavy atom. The number of alkyl halides is 3. The number of pyridine rings is 1. The maximum absolute atomic E-state index is 12.8. The van der Waals surface area contributed by atoms with Crippen LogP contribution in [0.5, 0.6) is 0 Å². The van der Waals surface area contributed by atoms with E-state index >= 15 is 0 Å². The zero-order chi connectivity index (χ0) is 18.7. The van der Waals surface area contributed by atoms with Crippen molar-refractivity contribution in [2.24, 2.45) is 0 Å². The highest BCUT2D eigenvalue weighted by Gasteiger charge is 2.31. The number of aromatic nitrogens is 1. The van der Waals surface area contributed by atoms with Gasteiger partial charge < -0.3 is 15.0 Å². The summed E-state index contributed by atoms with van der Waals surface area (Å²) in [5.41, 5.74) is -0.0237. The molecule has 1 amide bonds. The Morgan fingerprint density at radius 1 is 1.19 bits per heavy atom. The van der Waals surface area contributed by atoms with E-state index in [0.717, 1.165) is 12.1 Å². The van der Waals surface area contributed by atoms with E-state index in [1.807, 2.05) is 0 Å². The molecule has 0 radical (unpaired) electrons. The van der Waals surface area contributed by atoms with Gasteiger partial charge in [0.25, 0.3) is 5.91 Å². The largest absolute Gasteiger partial charge is 0.416 e. The average Bonchev–Trinajstić information content (AvgIpc) is 2.63. The van der Waals surface area contributed by atoms with Crippen molar-refractivity contribution < 1.29 is 22.7 Å². The second kappa shape index (κ2) is 7.51. The number of benzene rings is 1. The van der Waals surface area contributed by atoms with Crippen molar-refractivity contribution in [3.63, 3.8) is 0 Å². The van der Waals surface area contributed by atoms with Gasteiger partial charge in [0.15, 0.2) is 0 Å². The average molecular weight is 386 g/mol. The lowest BCUT2D eigenvalue weighted by molar-refractivity contribution is -0.137. The fourth-order valence-corrected chi connectivity index (χ4v) is 2.64. The first-order valence-corrected chi connectivity index (χ1v) is 8.19. The fourth-order valence-electron chi connectivity index (χ4n) is 2.48. The van der Waals surface area contributed by atoms with Crippen LogP contribution < -0.4 is 5.32 Å². The van der Waals surface area contributed by atoms with Crippen molar-refractivity contribution in [2.45, 2.75) is 6.18 Å². The predicted molar refractivity (Wildman–Crippen MR) is 90.7 cm³/mol. The number of anilines is 2. The number of ether oxygens (including phenoxy) is 1. The highest BCUT2D eigenvalue weighted by Crippen LogP contribution is 2.34. The first kappa shape index (κ1) is 18.5. The maximum atomic E-state index is 12.8. The minimum atomic E-state index is -4.46. The molecule has 1 aromatic carbocycles. The zero-order valence-corrected chi connectivity index (χ0v) is 14.3. The van der Waals surface area contributed by atoms with E-state index in [2.05, 4.69) is 10.3 Å². The number of nitrogens with zero attached hydrogens (tertiary/aromatic N) is 2. The molecule has 3 rings (SSSR count). The van der Waals surface area contributed by atoms with E-state index in [1.165, 1.54) is 18.3 Å². The molecule has 1 N–H and O–H groups in total. The van der Waals surface area contributed by atoms with E-state index in [4.69, 9.17) is 16.3 Å². The van der Waals surface area contributed by atoms with Crippen molar-refractivity contribution in [3.05, 3.63) is 52.8 Å². The molecule has 1 aromatic heterocycles. The Balaban J connectivity index is 1.74. The van der Waals surface area contributed by atoms with E-state index in [9.17, 15) is 18.0 Å². The SMILES string of the molecule is O=C(c1ccc(Nc2cc(C(F)(F)F)ccc2Cl)cn1)N1CCOCC1. The predicted octanol–water partition coefficient (Wildman–Crippen LogP) is 3.97. The number of carbonyl (C=O) groups excluding carboxylic acids is 1. The molecular formula is C17H15ClF3N3O2. The van der Waals surface area contributed by atoms with Crippen molar-refractivity contribution >= 4 is 28.9 Å². The molecule has 1 saturated heterocycles. The second-order valence-corrected chi connectivity index (χ2v) is 6.06. The van der Waals surface area contributed by atoms with Gasteiger partial charge in [-0.05, 0) is 30.3 Å². The van der Waals surface area contributed by atoms with Crippen LogP contribution in [-0.2, 0) is 10.9 Å². The second-order valence-electron chi connectivity index (χ2n) is 5.65. The Morgan fingerprint density at radius 3 is 2.54 bits per heavy atom. The number of rotatable bonds is 3. The molecule has 0 unspecified atom stereocenters. The Kier molecular flexibility index (Phi) is 5.33. The number of hydrogen-bond acceptors (Lipinski definition) is 4. The lowest BCUT2D eigenvalue weighted by Crippen LogP contribution is -2.41. The molecular weight excluding hydrogens is 371 g/mol. The number of nitrogens with one attached hydrogen (secondary N) is 1. The molecule has 0 aliphatic carbocycles. The van der Waals surface area contributed by atoms with E-state index in [1.54, 1.807) is 11.0 Å². The number of halogens is 4. The molecule has 0 bridgehead atoms. The third kappa shape index (κ3) is 4.25. The molecule has 0 saturated carbocycles. The summed E-state index contributed by atoms with van der Waals surface area (Å²) in [5.74, 6) is -0.211. The van der Waals surface area contributed by atoms with Crippen LogP contribution in [0.2, 0.25) is 5.02 Å². The van der Waals surface area contributed by atoms with Gasteiger partial charge in [-0.3, -0.25) is 4.79 Å². The van der Waals surface area contributed by atoms with Crippen LogP contribution in [0.4, 0.5) is 24.5 Å². The summed E-state index contributed by atoms with van der Waals surface area (Å²) in [5, 5.41) is 2.94. The van der Waals surface area contributed by atoms with Gasteiger partial charge in [-0.25, -0.2) is 4.98 Å². The summed E-state index contributed by atoms with van der Waals surface area (Å²) in [7, 11) is 0. The van der Waals surface area contributed by atoms with Gasteiger partial charge in [0.1, 0.15) is 5.69 Å². The van der Waals surface area contributed by atoms with Gasteiger partial charge in [-0.15, -0.1) is 0 Å². The topological polar surface area (TPSA) is 54.5 Å². The number of hydrogen-bond donors (Lipinski definition) is 1. The lowest BCUT2D eigenvalue weighted by Gasteiger charge is -2.26. The van der Waals surface area contributed by atoms with Crippen LogP contribution in [0, 0.1) is 0 Å². The molecule has 0 atom stereocenters. The van der Waals surface area contributed by atoms with Crippen molar-refractivity contribution in [1.82, 2.24) is 9.88 Å². The number of amides is 1. The third-order valence-electron chi connectivity index (χ3n) is 3.85. The van der Waals surface area contributed by atoms with Gasteiger partial charge in [-0.2, -0.15) is 13.2 Å². The van der Waals surface area contributed by atoms with Gasteiger partial charge >= 0.3 is 6.18 Å². The molecule has 1 aliphatic rings. The van der Waals surface area contributed by atoms with Gasteiger partial charge in [0.2, 0.25) is 0 Å². The summed E-state index contributed by atoms with van der Waals surface area (Å²) >= 11 is 5.96. The third-order valence-corrected chi connectivity index (χ3v) is 4.18. The highest BCUT2D eigenvalue weighted by molar-refractivity contribution is 6.33. The number of morpholine rings is 1. The van der Waals surface area contributed by atoms with E-state index in [0.29, 0.717) is 32.0 Å². The minimum absolute atomic E-state index is 0.107. The van der Waals surface area contributed by atoms with Gasteiger partial charge in [0.05, 0.1) is 41.4 Å². The van der Waals surface area contributed by atoms with Crippen LogP contribution in [0.1, 0.15) is 16.1 Å². The Labute approximate surface area is 152 Å². The summed E-state index contributed by atoms with van der Waals surface area (Å²) < 4.78 is 43.7. The quantitative estimate of drug-likeness (QED) is 0.868. The molecule has 5 nitrogen and oxygen atoms in total. The lowest BCUT2D eigenvalue weighted by atomic mass is 10.2. The molecule has 26 heavy (non-hydrogen) atoms. The van der Waals surface area contributed by atoms with Gasteiger partial charge in [-0.1, -0.05) is 11.6 Å². The van der Waals surface area contributed by atoms with E-state index < -0.39 is 11.7 Å². The molecule has 0 spiro atoms. The van der Waals surface area contributed by atoms with Crippen LogP contribution in [0.15, 0.2) is 36.5 Å². The highest BCUT2D eigenvalue weighted by atomic mass is 35.5. The van der Waals surface area contributed by atoms with E-state index in [-0.39, 0.29) is 22.3 Å². The van der Waals surface area contributed by atoms with Crippen molar-refractivity contribution in [3.8, 4) is 0 Å². The van der Waals surface area contributed by atoms with Crippen molar-refractivity contribution in [2.75, 3.05) is 31.6 Å². The monoisotopic (exact) mass is 385 g/mol. The molecule has 1 aliphatic heterocycles. The van der Waals surface area contributed by atoms with Crippen LogP contribution >= 0.6 is 11.6 Å². The summed E-state index contributed by atoms with van der Waals surface area (Å²) in [6.45, 7) is 1.97. The minimum Gasteiger partial charge on any atom is -0.378 e. The van der Waals surface area contributed by atoms with Gasteiger partial charge in [0, 0.05) is 13.1 Å². The summed E-state index contributed by atoms with van der Waals surface area (Å²) in [6, 6.07) is 6.10. The normalized spacial score (nSPS) is 15.0. The summed E-state index contributed by atoms with van der Waals surface area (Å²) in [4.78, 5) is 18.1. The molecule has 9 heteroatoms. The van der Waals surface area contributed by atoms with Crippen LogP contribution in [0.25, 0.3) is 0 Å². The molecule has 138 valence electrons. The Hall–Kier alpha value is -2.32. The zero-order valence-electron chi connectivity index (χ0n) is 13.5. The van der Waals surface area contributed by atoms with Crippen LogP contribution in [0.3, 0.4) is 0 Å². The first-order chi connectivity index (χ1) is 12.3. The molecule has 1 fully saturated rings. The maximum Gasteiger partial charge on any atom is 0.416 e. The number of carbonyl (C=O) groups is 1.